The van der Waals surface area contributed by atoms with Crippen LogP contribution in [0.25, 0.3) is 0 Å². The van der Waals surface area contributed by atoms with Crippen molar-refractivity contribution < 1.29 is 0 Å². The Kier molecular flexibility index (Phi) is 13.8. The van der Waals surface area contributed by atoms with E-state index in [2.05, 4.69) is 260 Å². The van der Waals surface area contributed by atoms with Crippen molar-refractivity contribution in [3.63, 3.8) is 0 Å². The van der Waals surface area contributed by atoms with Gasteiger partial charge in [0.25, 0.3) is 0 Å². The van der Waals surface area contributed by atoms with E-state index in [1.807, 2.05) is 10.4 Å². The first kappa shape index (κ1) is 50.0. The van der Waals surface area contributed by atoms with E-state index in [1.54, 1.807) is 0 Å². The Hall–Kier alpha value is 1.98. The molecule has 1 rings (SSSR count). The molecule has 0 N–H and O–H groups in total. The lowest BCUT2D eigenvalue weighted by Gasteiger charge is -2.69. The molecule has 0 bridgehead atoms. The third kappa shape index (κ3) is 6.88. The zero-order valence-corrected chi connectivity index (χ0v) is 49.4. The fourth-order valence-corrected chi connectivity index (χ4v) is 180. The Balaban J connectivity index is 5.16. The lowest BCUT2D eigenvalue weighted by Crippen LogP contribution is -2.88. The predicted octanol–water partition coefficient (Wildman–Crippen LogP) is 15.9. The molecule has 8 heteroatoms. The van der Waals surface area contributed by atoms with E-state index in [9.17, 15) is 0 Å². The van der Waals surface area contributed by atoms with Gasteiger partial charge in [-0.15, -0.1) is 43.6 Å². The van der Waals surface area contributed by atoms with Crippen LogP contribution in [0.4, 0.5) is 0 Å². The highest BCUT2D eigenvalue weighted by molar-refractivity contribution is 14.1. The molecule has 50 heavy (non-hydrogen) atoms. The van der Waals surface area contributed by atoms with Crippen LogP contribution in [0.1, 0.15) is 166 Å². The summed E-state index contributed by atoms with van der Waals surface area (Å²) in [5.41, 5.74) is 0. The van der Waals surface area contributed by atoms with E-state index in [0.29, 0.717) is 0 Å². The quantitative estimate of drug-likeness (QED) is 0.151. The molecule has 0 aromatic heterocycles. The normalized spacial score (nSPS) is 16.6. The van der Waals surface area contributed by atoms with Gasteiger partial charge in [0, 0.05) is 0 Å². The van der Waals surface area contributed by atoms with Crippen LogP contribution in [0.2, 0.25) is 66.5 Å². The van der Waals surface area contributed by atoms with E-state index >= 15 is 0 Å². The van der Waals surface area contributed by atoms with Gasteiger partial charge in [-0.1, -0.05) is 227 Å². The molecule has 0 unspecified atom stereocenters. The first-order chi connectivity index (χ1) is 21.2. The lowest BCUT2D eigenvalue weighted by molar-refractivity contribution is 0.625. The van der Waals surface area contributed by atoms with Gasteiger partial charge < -0.3 is 0 Å². The average Bonchev–Trinajstić information content (AvgIpc) is 2.84. The second-order valence-electron chi connectivity index (χ2n) is 25.4. The van der Waals surface area contributed by atoms with Crippen molar-refractivity contribution in [2.45, 2.75) is 233 Å². The summed E-state index contributed by atoms with van der Waals surface area (Å²) in [6.07, 6.45) is 0. The maximum Gasteiger partial charge on any atom is 0.141 e. The highest BCUT2D eigenvalue weighted by Gasteiger charge is 2.77. The van der Waals surface area contributed by atoms with Crippen LogP contribution in [-0.2, 0) is 0 Å². The van der Waals surface area contributed by atoms with Crippen LogP contribution >= 0.6 is 43.6 Å². The topological polar surface area (TPSA) is 0 Å². The monoisotopic (exact) mass is 1010 g/mol. The summed E-state index contributed by atoms with van der Waals surface area (Å²) in [6.45, 7) is 75.3. The second-order valence-corrected chi connectivity index (χ2v) is 96.1. The third-order valence-corrected chi connectivity index (χ3v) is 147. The molecule has 0 saturated carbocycles. The Morgan fingerprint density at radius 1 is 0.320 bits per heavy atom. The molecule has 0 amide bonds. The van der Waals surface area contributed by atoms with Gasteiger partial charge in [0.15, 0.2) is 0 Å². The summed E-state index contributed by atoms with van der Waals surface area (Å²) < 4.78 is -4.58. The van der Waals surface area contributed by atoms with Crippen LogP contribution in [0.3, 0.4) is 0 Å². The molecule has 0 spiro atoms. The molecule has 0 radical (unpaired) electrons. The summed E-state index contributed by atoms with van der Waals surface area (Å²) in [5, 5.41) is 5.74. The number of hydrogen-bond donors (Lipinski definition) is 0. The Morgan fingerprint density at radius 3 is 0.580 bits per heavy atom. The van der Waals surface area contributed by atoms with Gasteiger partial charge in [0.05, 0.1) is 30.4 Å². The van der Waals surface area contributed by atoms with Crippen molar-refractivity contribution in [3.05, 3.63) is 24.3 Å². The minimum Gasteiger partial charge on any atom is -0.120 e. The molecule has 0 aliphatic carbocycles. The molecule has 0 heterocycles. The number of hydrogen-bond acceptors (Lipinski definition) is 0. The fourth-order valence-electron chi connectivity index (χ4n) is 11.7. The van der Waals surface area contributed by atoms with Crippen LogP contribution in [0, 0.1) is 0 Å². The smallest absolute Gasteiger partial charge is 0.120 e. The van der Waals surface area contributed by atoms with Gasteiger partial charge in [0.1, 0.15) is 9.21 Å². The third-order valence-electron chi connectivity index (χ3n) is 16.4. The zero-order chi connectivity index (χ0) is 41.0. The van der Waals surface area contributed by atoms with Gasteiger partial charge in [-0.05, 0) is 40.3 Å². The molecular formula is C42H88I2Si6. The molecule has 0 aliphatic rings. The number of halogens is 2. The van der Waals surface area contributed by atoms with E-state index < -0.39 is 39.6 Å². The van der Waals surface area contributed by atoms with Crippen LogP contribution in [0.15, 0.2) is 24.3 Å². The van der Waals surface area contributed by atoms with E-state index in [1.165, 1.54) is 0 Å². The van der Waals surface area contributed by atoms with Gasteiger partial charge in [-0.3, -0.25) is 0 Å². The van der Waals surface area contributed by atoms with Crippen LogP contribution < -0.4 is 10.4 Å². The average molecular weight is 1020 g/mol. The number of rotatable bonds is 6. The Morgan fingerprint density at radius 2 is 0.460 bits per heavy atom. The van der Waals surface area contributed by atoms with E-state index in [0.717, 1.165) is 0 Å². The van der Waals surface area contributed by atoms with Gasteiger partial charge >= 0.3 is 0 Å². The highest BCUT2D eigenvalue weighted by Crippen LogP contribution is 2.68. The van der Waals surface area contributed by atoms with Gasteiger partial charge in [-0.25, -0.2) is 0 Å². The standard InChI is InChI=1S/C42H88I2Si6/c1-35(2,3)45(25,36(4,5)6)49(43,46(26,37(7,8)9)38(10,11)12)33-30-29-31-34(32-33)50(44,47(27,39(13,14)15)40(16,17)18)48(28,41(19,20)21)42(22,23)24/h29-32H,1-28H3. The van der Waals surface area contributed by atoms with Crippen molar-refractivity contribution in [1.29, 1.82) is 0 Å². The first-order valence-electron chi connectivity index (χ1n) is 19.7. The van der Waals surface area contributed by atoms with Gasteiger partial charge in [0.2, 0.25) is 0 Å². The van der Waals surface area contributed by atoms with E-state index in [-0.39, 0.29) is 40.3 Å². The highest BCUT2D eigenvalue weighted by atomic mass is 127. The Labute approximate surface area is 347 Å². The van der Waals surface area contributed by atoms with Crippen LogP contribution in [0.5, 0.6) is 0 Å². The minimum absolute atomic E-state index is 0.262. The molecule has 1 aromatic carbocycles. The van der Waals surface area contributed by atoms with E-state index in [4.69, 9.17) is 0 Å². The Bertz CT molecular complexity index is 1120. The molecule has 0 nitrogen and oxygen atoms in total. The van der Waals surface area contributed by atoms with Crippen molar-refractivity contribution in [2.75, 3.05) is 0 Å². The first-order valence-corrected chi connectivity index (χ1v) is 43.9. The predicted molar refractivity (Wildman–Crippen MR) is 269 cm³/mol. The van der Waals surface area contributed by atoms with Crippen molar-refractivity contribution >= 4 is 93.5 Å². The summed E-state index contributed by atoms with van der Waals surface area (Å²) in [7, 11) is -8.40. The maximum absolute atomic E-state index is 3.35. The van der Waals surface area contributed by atoms with Crippen molar-refractivity contribution in [2.24, 2.45) is 0 Å². The van der Waals surface area contributed by atoms with Crippen LogP contribution in [-0.4, -0.2) is 39.6 Å². The molecule has 0 saturated heterocycles. The second kappa shape index (κ2) is 13.8. The molecule has 0 atom stereocenters. The number of benzene rings is 1. The maximum atomic E-state index is 3.35. The molecule has 0 aliphatic heterocycles. The summed E-state index contributed by atoms with van der Waals surface area (Å²) in [6, 6.07) is 11.0. The fraction of sp³-hybridized carbons (Fsp3) is 0.857. The molecule has 1 aromatic rings. The summed E-state index contributed by atoms with van der Waals surface area (Å²) >= 11 is 6.70. The van der Waals surface area contributed by atoms with Crippen molar-refractivity contribution in [1.82, 2.24) is 0 Å². The van der Waals surface area contributed by atoms with Gasteiger partial charge in [-0.2, -0.15) is 0 Å². The lowest BCUT2D eigenvalue weighted by atomic mass is 10.2. The molecule has 0 fully saturated rings. The zero-order valence-electron chi connectivity index (χ0n) is 39.1. The largest absolute Gasteiger partial charge is 0.141 e. The summed E-state index contributed by atoms with van der Waals surface area (Å²) in [5.74, 6) is 0. The SMILES string of the molecule is CC(C)(C)[Si](C)(C(C)(C)C)[Si](I)(c1cccc([Si](I)([Si](C)(C(C)(C)C)C(C)(C)C)[Si](C)(C(C)(C)C)C(C)(C)C)c1)[Si](C)(C(C)(C)C)C(C)(C)C. The molecule has 294 valence electrons. The van der Waals surface area contributed by atoms with Crippen molar-refractivity contribution in [3.8, 4) is 0 Å². The summed E-state index contributed by atoms with van der Waals surface area (Å²) in [4.78, 5) is 0. The molecular weight excluding hydrogens is 927 g/mol. The minimum atomic E-state index is -2.29.